The summed E-state index contributed by atoms with van der Waals surface area (Å²) in [6.45, 7) is 1.97. The van der Waals surface area contributed by atoms with Gasteiger partial charge in [-0.25, -0.2) is 0 Å². The van der Waals surface area contributed by atoms with Crippen molar-refractivity contribution in [3.05, 3.63) is 53.6 Å². The number of nitriles is 1. The van der Waals surface area contributed by atoms with Gasteiger partial charge in [0.15, 0.2) is 0 Å². The molecule has 1 atom stereocenters. The number of hydrogen-bond acceptors (Lipinski definition) is 4. The molecule has 0 fully saturated rings. The molecular weight excluding hydrogens is 304 g/mol. The van der Waals surface area contributed by atoms with E-state index in [2.05, 4.69) is 11.4 Å². The summed E-state index contributed by atoms with van der Waals surface area (Å²) in [5, 5.41) is 12.1. The molecule has 2 rings (SSSR count). The monoisotopic (exact) mass is 324 g/mol. The van der Waals surface area contributed by atoms with Gasteiger partial charge in [-0.05, 0) is 30.7 Å². The number of benzene rings is 2. The van der Waals surface area contributed by atoms with Crippen LogP contribution >= 0.6 is 0 Å². The Labute approximate surface area is 141 Å². The summed E-state index contributed by atoms with van der Waals surface area (Å²) in [5.41, 5.74) is 2.56. The van der Waals surface area contributed by atoms with E-state index in [1.54, 1.807) is 32.4 Å². The normalized spacial score (nSPS) is 11.2. The predicted octanol–water partition coefficient (Wildman–Crippen LogP) is 3.33. The van der Waals surface area contributed by atoms with Gasteiger partial charge in [0.2, 0.25) is 5.91 Å². The number of methoxy groups -OCH3 is 2. The first-order valence-corrected chi connectivity index (χ1v) is 7.55. The lowest BCUT2D eigenvalue weighted by atomic mass is 9.98. The summed E-state index contributed by atoms with van der Waals surface area (Å²) in [5.74, 6) is 0.110. The van der Waals surface area contributed by atoms with Crippen LogP contribution in [0.4, 0.5) is 5.69 Å². The molecule has 24 heavy (non-hydrogen) atoms. The molecule has 0 aliphatic carbocycles. The Balaban J connectivity index is 2.12. The third-order valence-electron chi connectivity index (χ3n) is 3.71. The van der Waals surface area contributed by atoms with Crippen LogP contribution in [0.2, 0.25) is 0 Å². The van der Waals surface area contributed by atoms with Gasteiger partial charge in [0, 0.05) is 18.2 Å². The SMILES string of the molecule is COc1ccc(C[C@H](C#N)C(=O)Nc2ccc(C)cc2)c(OC)c1. The van der Waals surface area contributed by atoms with Gasteiger partial charge < -0.3 is 14.8 Å². The topological polar surface area (TPSA) is 71.3 Å². The van der Waals surface area contributed by atoms with E-state index in [9.17, 15) is 10.1 Å². The zero-order valence-corrected chi connectivity index (χ0v) is 14.0. The summed E-state index contributed by atoms with van der Waals surface area (Å²) < 4.78 is 10.5. The maximum absolute atomic E-state index is 12.4. The first-order chi connectivity index (χ1) is 11.6. The molecule has 0 aliphatic rings. The van der Waals surface area contributed by atoms with Gasteiger partial charge in [0.1, 0.15) is 17.4 Å². The van der Waals surface area contributed by atoms with Crippen LogP contribution in [0.15, 0.2) is 42.5 Å². The van der Waals surface area contributed by atoms with E-state index < -0.39 is 5.92 Å². The van der Waals surface area contributed by atoms with Crippen LogP contribution in [0.1, 0.15) is 11.1 Å². The molecule has 124 valence electrons. The number of carbonyl (C=O) groups is 1. The van der Waals surface area contributed by atoms with Crippen LogP contribution < -0.4 is 14.8 Å². The second-order valence-corrected chi connectivity index (χ2v) is 5.42. The Hall–Kier alpha value is -3.00. The van der Waals surface area contributed by atoms with Crippen molar-refractivity contribution in [3.8, 4) is 17.6 Å². The Morgan fingerprint density at radius 3 is 2.46 bits per heavy atom. The average Bonchev–Trinajstić information content (AvgIpc) is 2.61. The third-order valence-corrected chi connectivity index (χ3v) is 3.71. The lowest BCUT2D eigenvalue weighted by Crippen LogP contribution is -2.23. The van der Waals surface area contributed by atoms with E-state index >= 15 is 0 Å². The van der Waals surface area contributed by atoms with E-state index in [-0.39, 0.29) is 12.3 Å². The maximum Gasteiger partial charge on any atom is 0.242 e. The van der Waals surface area contributed by atoms with Gasteiger partial charge in [-0.15, -0.1) is 0 Å². The minimum atomic E-state index is -0.811. The van der Waals surface area contributed by atoms with Gasteiger partial charge in [-0.2, -0.15) is 5.26 Å². The third kappa shape index (κ3) is 4.26. The molecular formula is C19H20N2O3. The first kappa shape index (κ1) is 17.4. The number of nitrogens with one attached hydrogen (secondary N) is 1. The predicted molar refractivity (Wildman–Crippen MR) is 92.2 cm³/mol. The van der Waals surface area contributed by atoms with E-state index in [1.807, 2.05) is 31.2 Å². The van der Waals surface area contributed by atoms with Gasteiger partial charge in [-0.1, -0.05) is 23.8 Å². The standard InChI is InChI=1S/C19H20N2O3/c1-13-4-7-16(8-5-13)21-19(22)15(12-20)10-14-6-9-17(23-2)11-18(14)24-3/h4-9,11,15H,10H2,1-3H3,(H,21,22)/t15-/m1/s1. The number of carbonyl (C=O) groups excluding carboxylic acids is 1. The Morgan fingerprint density at radius 1 is 1.17 bits per heavy atom. The molecule has 0 saturated carbocycles. The number of nitrogens with zero attached hydrogens (tertiary/aromatic N) is 1. The molecule has 0 heterocycles. The molecule has 0 saturated heterocycles. The van der Waals surface area contributed by atoms with E-state index in [0.717, 1.165) is 11.1 Å². The summed E-state index contributed by atoms with van der Waals surface area (Å²) in [6.07, 6.45) is 0.265. The van der Waals surface area contributed by atoms with Crippen molar-refractivity contribution >= 4 is 11.6 Å². The maximum atomic E-state index is 12.4. The fourth-order valence-electron chi connectivity index (χ4n) is 2.30. The Bertz CT molecular complexity index is 748. The van der Waals surface area contributed by atoms with Crippen molar-refractivity contribution in [1.29, 1.82) is 5.26 Å². The lowest BCUT2D eigenvalue weighted by Gasteiger charge is -2.14. The van der Waals surface area contributed by atoms with Crippen molar-refractivity contribution in [2.24, 2.45) is 5.92 Å². The molecule has 1 amide bonds. The molecule has 0 spiro atoms. The average molecular weight is 324 g/mol. The number of ether oxygens (including phenoxy) is 2. The van der Waals surface area contributed by atoms with Crippen molar-refractivity contribution in [2.75, 3.05) is 19.5 Å². The molecule has 5 nitrogen and oxygen atoms in total. The molecule has 0 aromatic heterocycles. The van der Waals surface area contributed by atoms with Gasteiger partial charge in [0.05, 0.1) is 20.3 Å². The van der Waals surface area contributed by atoms with Crippen LogP contribution in [0, 0.1) is 24.2 Å². The highest BCUT2D eigenvalue weighted by atomic mass is 16.5. The summed E-state index contributed by atoms with van der Waals surface area (Å²) in [6, 6.07) is 14.8. The van der Waals surface area contributed by atoms with Crippen LogP contribution in [-0.2, 0) is 11.2 Å². The molecule has 0 radical (unpaired) electrons. The number of aryl methyl sites for hydroxylation is 1. The van der Waals surface area contributed by atoms with Crippen LogP contribution in [0.3, 0.4) is 0 Å². The smallest absolute Gasteiger partial charge is 0.242 e. The van der Waals surface area contributed by atoms with Crippen molar-refractivity contribution in [1.82, 2.24) is 0 Å². The van der Waals surface area contributed by atoms with Crippen molar-refractivity contribution in [3.63, 3.8) is 0 Å². The molecule has 0 aliphatic heterocycles. The highest BCUT2D eigenvalue weighted by molar-refractivity contribution is 5.94. The highest BCUT2D eigenvalue weighted by Crippen LogP contribution is 2.27. The molecule has 2 aromatic rings. The Morgan fingerprint density at radius 2 is 1.88 bits per heavy atom. The fraction of sp³-hybridized carbons (Fsp3) is 0.263. The van der Waals surface area contributed by atoms with E-state index in [4.69, 9.17) is 9.47 Å². The first-order valence-electron chi connectivity index (χ1n) is 7.55. The van der Waals surface area contributed by atoms with Gasteiger partial charge >= 0.3 is 0 Å². The van der Waals surface area contributed by atoms with Gasteiger partial charge in [-0.3, -0.25) is 4.79 Å². The quantitative estimate of drug-likeness (QED) is 0.884. The van der Waals surface area contributed by atoms with Crippen molar-refractivity contribution in [2.45, 2.75) is 13.3 Å². The second kappa shape index (κ2) is 8.02. The number of rotatable bonds is 6. The van der Waals surface area contributed by atoms with Crippen molar-refractivity contribution < 1.29 is 14.3 Å². The van der Waals surface area contributed by atoms with E-state index in [0.29, 0.717) is 17.2 Å². The van der Waals surface area contributed by atoms with Crippen LogP contribution in [0.5, 0.6) is 11.5 Å². The van der Waals surface area contributed by atoms with E-state index in [1.165, 1.54) is 0 Å². The Kier molecular flexibility index (Phi) is 5.80. The van der Waals surface area contributed by atoms with Crippen LogP contribution in [-0.4, -0.2) is 20.1 Å². The van der Waals surface area contributed by atoms with Crippen LogP contribution in [0.25, 0.3) is 0 Å². The second-order valence-electron chi connectivity index (χ2n) is 5.42. The number of anilines is 1. The number of amides is 1. The largest absolute Gasteiger partial charge is 0.497 e. The molecule has 1 N–H and O–H groups in total. The minimum Gasteiger partial charge on any atom is -0.497 e. The van der Waals surface area contributed by atoms with Gasteiger partial charge in [0.25, 0.3) is 0 Å². The summed E-state index contributed by atoms with van der Waals surface area (Å²) in [7, 11) is 3.12. The zero-order chi connectivity index (χ0) is 17.5. The zero-order valence-electron chi connectivity index (χ0n) is 14.0. The summed E-state index contributed by atoms with van der Waals surface area (Å²) in [4.78, 5) is 12.4. The molecule has 2 aromatic carbocycles. The molecule has 0 bridgehead atoms. The number of hydrogen-bond donors (Lipinski definition) is 1. The lowest BCUT2D eigenvalue weighted by molar-refractivity contribution is -0.118. The molecule has 5 heteroatoms. The minimum absolute atomic E-state index is 0.265. The summed E-state index contributed by atoms with van der Waals surface area (Å²) >= 11 is 0. The fourth-order valence-corrected chi connectivity index (χ4v) is 2.30. The highest BCUT2D eigenvalue weighted by Gasteiger charge is 2.20. The molecule has 0 unspecified atom stereocenters.